The molecule has 0 N–H and O–H groups in total. The highest BCUT2D eigenvalue weighted by Gasteiger charge is 2.16. The lowest BCUT2D eigenvalue weighted by Gasteiger charge is -2.24. The van der Waals surface area contributed by atoms with Crippen LogP contribution >= 0.6 is 11.8 Å². The van der Waals surface area contributed by atoms with Gasteiger partial charge in [-0.2, -0.15) is 11.8 Å². The molecule has 1 nitrogen and oxygen atoms in total. The number of hydrogen-bond donors (Lipinski definition) is 0. The van der Waals surface area contributed by atoms with Gasteiger partial charge in [-0.15, -0.1) is 0 Å². The van der Waals surface area contributed by atoms with Crippen LogP contribution in [0.3, 0.4) is 0 Å². The van der Waals surface area contributed by atoms with Crippen LogP contribution in [0.4, 0.5) is 0 Å². The van der Waals surface area contributed by atoms with E-state index in [1.807, 2.05) is 11.8 Å². The zero-order chi connectivity index (χ0) is 14.7. The highest BCUT2D eigenvalue weighted by atomic mass is 32.2. The smallest absolute Gasteiger partial charge is 0.120 e. The molecule has 1 fully saturated rings. The van der Waals surface area contributed by atoms with Gasteiger partial charge in [0.15, 0.2) is 0 Å². The first-order valence-electron chi connectivity index (χ1n) is 7.65. The van der Waals surface area contributed by atoms with Crippen LogP contribution in [0.25, 0.3) is 11.1 Å². The molecule has 110 valence electrons. The summed E-state index contributed by atoms with van der Waals surface area (Å²) in [5.74, 6) is 3.48. The van der Waals surface area contributed by atoms with Crippen LogP contribution in [0.15, 0.2) is 42.5 Å². The van der Waals surface area contributed by atoms with E-state index >= 15 is 0 Å². The maximum atomic E-state index is 6.19. The van der Waals surface area contributed by atoms with Gasteiger partial charge in [0, 0.05) is 0 Å². The minimum absolute atomic E-state index is 0.396. The van der Waals surface area contributed by atoms with Crippen LogP contribution in [0.1, 0.15) is 24.0 Å². The SMILES string of the molecule is Cc1cc(OC2CCSCC2)cc(C)c1-c1ccccc1. The first-order valence-corrected chi connectivity index (χ1v) is 8.80. The van der Waals surface area contributed by atoms with Crippen molar-refractivity contribution in [3.63, 3.8) is 0 Å². The molecule has 1 saturated heterocycles. The van der Waals surface area contributed by atoms with Crippen LogP contribution in [0.2, 0.25) is 0 Å². The molecule has 0 amide bonds. The zero-order valence-corrected chi connectivity index (χ0v) is 13.6. The molecule has 1 aliphatic heterocycles. The third-order valence-electron chi connectivity index (χ3n) is 4.04. The van der Waals surface area contributed by atoms with Gasteiger partial charge in [-0.3, -0.25) is 0 Å². The normalized spacial score (nSPS) is 15.9. The number of thioether (sulfide) groups is 1. The second-order valence-corrected chi connectivity index (χ2v) is 6.95. The maximum absolute atomic E-state index is 6.19. The average Bonchev–Trinajstić information content (AvgIpc) is 2.49. The van der Waals surface area contributed by atoms with E-state index in [1.54, 1.807) is 0 Å². The van der Waals surface area contributed by atoms with Crippen LogP contribution in [0, 0.1) is 13.8 Å². The Kier molecular flexibility index (Phi) is 4.54. The van der Waals surface area contributed by atoms with Crippen molar-refractivity contribution in [1.82, 2.24) is 0 Å². The van der Waals surface area contributed by atoms with Gasteiger partial charge >= 0.3 is 0 Å². The first kappa shape index (κ1) is 14.5. The van der Waals surface area contributed by atoms with Crippen molar-refractivity contribution < 1.29 is 4.74 Å². The van der Waals surface area contributed by atoms with Gasteiger partial charge < -0.3 is 4.74 Å². The average molecular weight is 298 g/mol. The van der Waals surface area contributed by atoms with Gasteiger partial charge in [-0.25, -0.2) is 0 Å². The zero-order valence-electron chi connectivity index (χ0n) is 12.8. The van der Waals surface area contributed by atoms with Crippen LogP contribution in [-0.4, -0.2) is 17.6 Å². The summed E-state index contributed by atoms with van der Waals surface area (Å²) in [6, 6.07) is 15.0. The number of hydrogen-bond acceptors (Lipinski definition) is 2. The number of ether oxygens (including phenoxy) is 1. The molecular weight excluding hydrogens is 276 g/mol. The Bertz CT molecular complexity index is 577. The lowest BCUT2D eigenvalue weighted by atomic mass is 9.95. The van der Waals surface area contributed by atoms with E-state index in [2.05, 4.69) is 56.3 Å². The molecule has 2 aromatic carbocycles. The van der Waals surface area contributed by atoms with Crippen LogP contribution in [-0.2, 0) is 0 Å². The van der Waals surface area contributed by atoms with Crippen molar-refractivity contribution in [1.29, 1.82) is 0 Å². The molecule has 0 radical (unpaired) electrons. The van der Waals surface area contributed by atoms with Gasteiger partial charge in [0.05, 0.1) is 0 Å². The fraction of sp³-hybridized carbons (Fsp3) is 0.368. The van der Waals surface area contributed by atoms with Crippen molar-refractivity contribution >= 4 is 11.8 Å². The fourth-order valence-electron chi connectivity index (χ4n) is 3.04. The summed E-state index contributed by atoms with van der Waals surface area (Å²) in [5, 5.41) is 0. The molecule has 0 spiro atoms. The predicted molar refractivity (Wildman–Crippen MR) is 92.3 cm³/mol. The van der Waals surface area contributed by atoms with E-state index in [-0.39, 0.29) is 0 Å². The minimum atomic E-state index is 0.396. The van der Waals surface area contributed by atoms with Crippen LogP contribution in [0.5, 0.6) is 5.75 Å². The van der Waals surface area contributed by atoms with Crippen molar-refractivity contribution in [3.05, 3.63) is 53.6 Å². The highest BCUT2D eigenvalue weighted by molar-refractivity contribution is 7.99. The lowest BCUT2D eigenvalue weighted by Crippen LogP contribution is -2.22. The molecular formula is C19H22OS. The van der Waals surface area contributed by atoms with Gasteiger partial charge in [0.2, 0.25) is 0 Å². The molecule has 0 atom stereocenters. The van der Waals surface area contributed by atoms with Crippen molar-refractivity contribution in [2.75, 3.05) is 11.5 Å². The summed E-state index contributed by atoms with van der Waals surface area (Å²) < 4.78 is 6.19. The lowest BCUT2D eigenvalue weighted by molar-refractivity contribution is 0.192. The number of aryl methyl sites for hydroxylation is 2. The molecule has 1 heterocycles. The summed E-state index contributed by atoms with van der Waals surface area (Å²) in [5.41, 5.74) is 5.21. The van der Waals surface area contributed by atoms with E-state index in [4.69, 9.17) is 4.74 Å². The van der Waals surface area contributed by atoms with Gasteiger partial charge in [-0.05, 0) is 72.6 Å². The summed E-state index contributed by atoms with van der Waals surface area (Å²) >= 11 is 2.04. The van der Waals surface area contributed by atoms with Crippen molar-refractivity contribution in [3.8, 4) is 16.9 Å². The Hall–Kier alpha value is -1.41. The predicted octanol–water partition coefficient (Wildman–Crippen LogP) is 5.24. The quantitative estimate of drug-likeness (QED) is 0.766. The first-order chi connectivity index (χ1) is 10.2. The van der Waals surface area contributed by atoms with Crippen molar-refractivity contribution in [2.24, 2.45) is 0 Å². The third-order valence-corrected chi connectivity index (χ3v) is 5.09. The Labute approximate surface area is 131 Å². The summed E-state index contributed by atoms with van der Waals surface area (Å²) in [6.07, 6.45) is 2.74. The Morgan fingerprint density at radius 3 is 2.19 bits per heavy atom. The minimum Gasteiger partial charge on any atom is -0.490 e. The van der Waals surface area contributed by atoms with Crippen molar-refractivity contribution in [2.45, 2.75) is 32.8 Å². The molecule has 3 rings (SSSR count). The summed E-state index contributed by atoms with van der Waals surface area (Å²) in [7, 11) is 0. The van der Waals surface area contributed by atoms with Gasteiger partial charge in [0.1, 0.15) is 11.9 Å². The van der Waals surface area contributed by atoms with E-state index < -0.39 is 0 Å². The van der Waals surface area contributed by atoms with Crippen LogP contribution < -0.4 is 4.74 Å². The van der Waals surface area contributed by atoms with E-state index in [0.717, 1.165) is 5.75 Å². The van der Waals surface area contributed by atoms with E-state index in [1.165, 1.54) is 46.6 Å². The maximum Gasteiger partial charge on any atom is 0.120 e. The van der Waals surface area contributed by atoms with Gasteiger partial charge in [0.25, 0.3) is 0 Å². The van der Waals surface area contributed by atoms with Gasteiger partial charge in [-0.1, -0.05) is 30.3 Å². The fourth-order valence-corrected chi connectivity index (χ4v) is 4.10. The number of benzene rings is 2. The molecule has 21 heavy (non-hydrogen) atoms. The third kappa shape index (κ3) is 3.44. The second-order valence-electron chi connectivity index (χ2n) is 5.73. The summed E-state index contributed by atoms with van der Waals surface area (Å²) in [6.45, 7) is 4.36. The summed E-state index contributed by atoms with van der Waals surface area (Å²) in [4.78, 5) is 0. The van der Waals surface area contributed by atoms with E-state index in [0.29, 0.717) is 6.10 Å². The molecule has 0 aromatic heterocycles. The highest BCUT2D eigenvalue weighted by Crippen LogP contribution is 2.32. The standard InChI is InChI=1S/C19H22OS/c1-14-12-18(20-17-8-10-21-11-9-17)13-15(2)19(14)16-6-4-3-5-7-16/h3-7,12-13,17H,8-11H2,1-2H3. The Morgan fingerprint density at radius 2 is 1.57 bits per heavy atom. The topological polar surface area (TPSA) is 9.23 Å². The largest absolute Gasteiger partial charge is 0.490 e. The molecule has 0 unspecified atom stereocenters. The molecule has 0 saturated carbocycles. The number of rotatable bonds is 3. The second kappa shape index (κ2) is 6.57. The molecule has 0 bridgehead atoms. The monoisotopic (exact) mass is 298 g/mol. The Morgan fingerprint density at radius 1 is 0.952 bits per heavy atom. The van der Waals surface area contributed by atoms with E-state index in [9.17, 15) is 0 Å². The Balaban J connectivity index is 1.85. The molecule has 2 aromatic rings. The molecule has 1 aliphatic rings. The molecule has 2 heteroatoms. The molecule has 0 aliphatic carbocycles.